The number of aliphatic hydroxyl groups is 4. The first-order valence-corrected chi connectivity index (χ1v) is 18.8. The summed E-state index contributed by atoms with van der Waals surface area (Å²) in [4.78, 5) is 15.5. The van der Waals surface area contributed by atoms with E-state index >= 15 is 0 Å². The minimum atomic E-state index is -1.38. The van der Waals surface area contributed by atoms with E-state index in [1.54, 1.807) is 6.92 Å². The van der Waals surface area contributed by atoms with E-state index < -0.39 is 17.8 Å². The lowest BCUT2D eigenvalue weighted by Crippen LogP contribution is -2.40. The fourth-order valence-corrected chi connectivity index (χ4v) is 10.00. The SMILES string of the molecule is C=C1/C(=C\C=C2/CCC[C@]3(C)[C@@H]([C@H](C)C[C@H]4C[C@](C)(O)C(=O)N4Cc4cc(OCC)cc(OCC)c4)CC[C@@H]23)C[C@@H](O)[C@H](CCCO)[C@@H]1O. The van der Waals surface area contributed by atoms with Crippen molar-refractivity contribution < 1.29 is 34.7 Å². The Bertz CT molecular complexity index is 1380. The predicted molar refractivity (Wildman–Crippen MR) is 192 cm³/mol. The Morgan fingerprint density at radius 1 is 1.08 bits per heavy atom. The van der Waals surface area contributed by atoms with Crippen molar-refractivity contribution in [2.24, 2.45) is 29.1 Å². The molecular weight excluding hydrogens is 618 g/mol. The van der Waals surface area contributed by atoms with Crippen LogP contribution in [0.1, 0.15) is 104 Å². The summed E-state index contributed by atoms with van der Waals surface area (Å²) >= 11 is 0. The van der Waals surface area contributed by atoms with E-state index in [9.17, 15) is 25.2 Å². The van der Waals surface area contributed by atoms with Crippen LogP contribution in [0, 0.1) is 29.1 Å². The Kier molecular flexibility index (Phi) is 12.1. The van der Waals surface area contributed by atoms with Gasteiger partial charge in [0.2, 0.25) is 0 Å². The van der Waals surface area contributed by atoms with Gasteiger partial charge in [0.05, 0.1) is 25.4 Å². The molecule has 1 saturated heterocycles. The number of amides is 1. The molecule has 3 saturated carbocycles. The van der Waals surface area contributed by atoms with Gasteiger partial charge in [0.25, 0.3) is 5.91 Å². The zero-order chi connectivity index (χ0) is 35.5. The standard InChI is InChI=1S/C41H61NO7/c1-7-48-32-20-28(21-33(23-32)49-8-2)25-42-31(24-41(6,47)39(42)46)19-26(3)35-15-16-36-29(11-9-17-40(35,36)5)13-14-30-22-37(44)34(12-10-18-43)38(45)27(30)4/h13-14,20-21,23,26,31,34-38,43-45,47H,4,7-12,15-19,22,24-25H2,1-3,5-6H3/b29-13+,30-14-/t26-,31+,34+,35-,36+,37-,38-,40-,41+/m1/s1. The van der Waals surface area contributed by atoms with Crippen LogP contribution in [0.15, 0.2) is 53.6 Å². The number of hydrogen-bond acceptors (Lipinski definition) is 7. The van der Waals surface area contributed by atoms with Crippen molar-refractivity contribution in [2.75, 3.05) is 19.8 Å². The number of aliphatic hydroxyl groups excluding tert-OH is 3. The number of hydrogen-bond donors (Lipinski definition) is 4. The van der Waals surface area contributed by atoms with E-state index in [4.69, 9.17) is 9.47 Å². The summed E-state index contributed by atoms with van der Waals surface area (Å²) in [6.45, 7) is 16.1. The molecule has 0 spiro atoms. The van der Waals surface area contributed by atoms with Crippen LogP contribution in [-0.4, -0.2) is 74.9 Å². The number of benzene rings is 1. The maximum atomic E-state index is 13.6. The predicted octanol–water partition coefficient (Wildman–Crippen LogP) is 6.50. The minimum Gasteiger partial charge on any atom is -0.494 e. The van der Waals surface area contributed by atoms with Crippen molar-refractivity contribution in [1.82, 2.24) is 4.90 Å². The average molecular weight is 680 g/mol. The van der Waals surface area contributed by atoms with Gasteiger partial charge in [-0.3, -0.25) is 4.79 Å². The van der Waals surface area contributed by atoms with E-state index in [1.165, 1.54) is 12.0 Å². The molecule has 49 heavy (non-hydrogen) atoms. The Hall–Kier alpha value is -2.65. The lowest BCUT2D eigenvalue weighted by molar-refractivity contribution is -0.142. The fourth-order valence-electron chi connectivity index (χ4n) is 10.00. The smallest absolute Gasteiger partial charge is 0.254 e. The van der Waals surface area contributed by atoms with Crippen molar-refractivity contribution >= 4 is 5.91 Å². The molecule has 8 heteroatoms. The third-order valence-corrected chi connectivity index (χ3v) is 12.4. The maximum absolute atomic E-state index is 13.6. The maximum Gasteiger partial charge on any atom is 0.254 e. The van der Waals surface area contributed by atoms with Crippen LogP contribution in [0.5, 0.6) is 11.5 Å². The first-order valence-electron chi connectivity index (χ1n) is 18.8. The highest BCUT2D eigenvalue weighted by molar-refractivity contribution is 5.87. The monoisotopic (exact) mass is 679 g/mol. The Morgan fingerprint density at radius 3 is 2.43 bits per heavy atom. The number of fused-ring (bicyclic) bond motifs is 1. The molecule has 0 unspecified atom stereocenters. The number of rotatable bonds is 13. The molecule has 1 amide bonds. The van der Waals surface area contributed by atoms with Crippen LogP contribution in [0.3, 0.4) is 0 Å². The molecule has 1 aliphatic heterocycles. The Labute approximate surface area is 293 Å². The van der Waals surface area contributed by atoms with Gasteiger partial charge >= 0.3 is 0 Å². The second-order valence-electron chi connectivity index (χ2n) is 15.8. The molecule has 272 valence electrons. The van der Waals surface area contributed by atoms with E-state index in [0.717, 1.165) is 54.7 Å². The Morgan fingerprint density at radius 2 is 1.78 bits per heavy atom. The molecule has 8 nitrogen and oxygen atoms in total. The molecule has 4 N–H and O–H groups in total. The van der Waals surface area contributed by atoms with Gasteiger partial charge in [0, 0.05) is 37.6 Å². The van der Waals surface area contributed by atoms with Crippen LogP contribution in [0.4, 0.5) is 0 Å². The zero-order valence-corrected chi connectivity index (χ0v) is 30.5. The molecule has 0 aromatic heterocycles. The Balaban J connectivity index is 1.30. The van der Waals surface area contributed by atoms with Gasteiger partial charge in [-0.25, -0.2) is 0 Å². The quantitative estimate of drug-likeness (QED) is 0.188. The highest BCUT2D eigenvalue weighted by Crippen LogP contribution is 2.60. The lowest BCUT2D eigenvalue weighted by Gasteiger charge is -2.45. The van der Waals surface area contributed by atoms with Crippen LogP contribution in [0.2, 0.25) is 0 Å². The number of likely N-dealkylation sites (tertiary alicyclic amines) is 1. The van der Waals surface area contributed by atoms with Crippen LogP contribution in [0.25, 0.3) is 0 Å². The summed E-state index contributed by atoms with van der Waals surface area (Å²) in [5.41, 5.74) is 2.75. The highest BCUT2D eigenvalue weighted by Gasteiger charge is 2.53. The van der Waals surface area contributed by atoms with Crippen molar-refractivity contribution in [3.63, 3.8) is 0 Å². The van der Waals surface area contributed by atoms with Gasteiger partial charge in [-0.05, 0) is 131 Å². The first kappa shape index (κ1) is 37.6. The van der Waals surface area contributed by atoms with Gasteiger partial charge in [0.1, 0.15) is 17.1 Å². The third kappa shape index (κ3) is 7.98. The van der Waals surface area contributed by atoms with E-state index in [1.807, 2.05) is 36.9 Å². The molecule has 3 aliphatic carbocycles. The number of allylic oxidation sites excluding steroid dienone is 3. The largest absolute Gasteiger partial charge is 0.494 e. The van der Waals surface area contributed by atoms with Gasteiger partial charge in [-0.15, -0.1) is 0 Å². The van der Waals surface area contributed by atoms with Crippen molar-refractivity contribution in [3.8, 4) is 11.5 Å². The van der Waals surface area contributed by atoms with Gasteiger partial charge in [-0.1, -0.05) is 38.2 Å². The van der Waals surface area contributed by atoms with Gasteiger partial charge in [0.15, 0.2) is 0 Å². The van der Waals surface area contributed by atoms with Gasteiger partial charge < -0.3 is 34.8 Å². The van der Waals surface area contributed by atoms with Gasteiger partial charge in [-0.2, -0.15) is 0 Å². The highest BCUT2D eigenvalue weighted by atomic mass is 16.5. The second-order valence-corrected chi connectivity index (χ2v) is 15.8. The van der Waals surface area contributed by atoms with E-state index in [0.29, 0.717) is 68.8 Å². The lowest BCUT2D eigenvalue weighted by atomic mass is 9.60. The summed E-state index contributed by atoms with van der Waals surface area (Å²) < 4.78 is 11.6. The summed E-state index contributed by atoms with van der Waals surface area (Å²) in [5.74, 6) is 2.28. The molecule has 0 radical (unpaired) electrons. The molecular formula is C41H61NO7. The summed E-state index contributed by atoms with van der Waals surface area (Å²) in [6, 6.07) is 5.76. The minimum absolute atomic E-state index is 0.0496. The number of nitrogens with zero attached hydrogens (tertiary/aromatic N) is 1. The molecule has 4 aliphatic rings. The van der Waals surface area contributed by atoms with Crippen LogP contribution >= 0.6 is 0 Å². The van der Waals surface area contributed by atoms with Crippen molar-refractivity contribution in [2.45, 2.75) is 129 Å². The molecule has 1 aromatic rings. The second kappa shape index (κ2) is 15.7. The average Bonchev–Trinajstić information content (AvgIpc) is 3.51. The van der Waals surface area contributed by atoms with Crippen molar-refractivity contribution in [3.05, 3.63) is 59.2 Å². The molecule has 1 aromatic carbocycles. The van der Waals surface area contributed by atoms with Crippen LogP contribution < -0.4 is 9.47 Å². The summed E-state index contributed by atoms with van der Waals surface area (Å²) in [5, 5.41) is 42.1. The third-order valence-electron chi connectivity index (χ3n) is 12.4. The van der Waals surface area contributed by atoms with Crippen LogP contribution in [-0.2, 0) is 11.3 Å². The molecule has 4 fully saturated rings. The zero-order valence-electron chi connectivity index (χ0n) is 30.5. The van der Waals surface area contributed by atoms with E-state index in [2.05, 4.69) is 32.6 Å². The molecule has 5 rings (SSSR count). The number of carbonyl (C=O) groups excluding carboxylic acids is 1. The fraction of sp³-hybridized carbons (Fsp3) is 0.683. The molecule has 9 atom stereocenters. The number of carbonyl (C=O) groups is 1. The normalized spacial score (nSPS) is 35.7. The number of ether oxygens (including phenoxy) is 2. The summed E-state index contributed by atoms with van der Waals surface area (Å²) in [6.07, 6.45) is 11.4. The first-order chi connectivity index (χ1) is 23.3. The molecule has 0 bridgehead atoms. The van der Waals surface area contributed by atoms with Crippen molar-refractivity contribution in [1.29, 1.82) is 0 Å². The molecule has 1 heterocycles. The summed E-state index contributed by atoms with van der Waals surface area (Å²) in [7, 11) is 0. The topological polar surface area (TPSA) is 120 Å². The van der Waals surface area contributed by atoms with E-state index in [-0.39, 0.29) is 29.9 Å².